The lowest BCUT2D eigenvalue weighted by molar-refractivity contribution is 0.227. The van der Waals surface area contributed by atoms with E-state index < -0.39 is 6.10 Å². The van der Waals surface area contributed by atoms with Gasteiger partial charge in [-0.05, 0) is 44.5 Å². The second-order valence-corrected chi connectivity index (χ2v) is 5.14. The van der Waals surface area contributed by atoms with Crippen molar-refractivity contribution in [3.8, 4) is 11.8 Å². The van der Waals surface area contributed by atoms with Crippen LogP contribution in [0.25, 0.3) is 0 Å². The molecule has 0 aliphatic carbocycles. The Morgan fingerprint density at radius 3 is 2.58 bits per heavy atom. The number of aliphatic hydroxyl groups is 1. The molecule has 2 rings (SSSR count). The summed E-state index contributed by atoms with van der Waals surface area (Å²) < 4.78 is 0. The predicted octanol–water partition coefficient (Wildman–Crippen LogP) is 2.99. The van der Waals surface area contributed by atoms with Crippen molar-refractivity contribution in [1.29, 1.82) is 0 Å². The molecule has 2 heteroatoms. The molecule has 1 aliphatic heterocycles. The summed E-state index contributed by atoms with van der Waals surface area (Å²) in [6.07, 6.45) is 5.42. The van der Waals surface area contributed by atoms with Crippen molar-refractivity contribution in [3.05, 3.63) is 35.9 Å². The van der Waals surface area contributed by atoms with Crippen molar-refractivity contribution < 1.29 is 5.11 Å². The van der Waals surface area contributed by atoms with Crippen molar-refractivity contribution in [2.24, 2.45) is 0 Å². The molecule has 1 N–H and O–H groups in total. The molecule has 0 aromatic heterocycles. The molecule has 1 heterocycles. The Kier molecular flexibility index (Phi) is 5.94. The van der Waals surface area contributed by atoms with Gasteiger partial charge in [0.1, 0.15) is 6.10 Å². The van der Waals surface area contributed by atoms with E-state index in [2.05, 4.69) is 16.7 Å². The maximum absolute atomic E-state index is 9.88. The van der Waals surface area contributed by atoms with Crippen molar-refractivity contribution >= 4 is 0 Å². The van der Waals surface area contributed by atoms with Crippen LogP contribution in [0, 0.1) is 11.8 Å². The Hall–Kier alpha value is -1.30. The van der Waals surface area contributed by atoms with Gasteiger partial charge < -0.3 is 10.0 Å². The Morgan fingerprint density at radius 2 is 1.84 bits per heavy atom. The first-order chi connectivity index (χ1) is 9.36. The van der Waals surface area contributed by atoms with Crippen molar-refractivity contribution in [1.82, 2.24) is 4.90 Å². The molecule has 1 saturated heterocycles. The average Bonchev–Trinajstić information content (AvgIpc) is 2.49. The van der Waals surface area contributed by atoms with Crippen LogP contribution < -0.4 is 0 Å². The zero-order valence-electron chi connectivity index (χ0n) is 11.5. The summed E-state index contributed by atoms with van der Waals surface area (Å²) in [5, 5.41) is 9.88. The SMILES string of the molecule is OC(C#CCCCN1CCCCC1)c1ccccc1. The van der Waals surface area contributed by atoms with Gasteiger partial charge in [0.15, 0.2) is 0 Å². The van der Waals surface area contributed by atoms with E-state index in [1.165, 1.54) is 32.4 Å². The van der Waals surface area contributed by atoms with Crippen LogP contribution in [0.15, 0.2) is 30.3 Å². The number of likely N-dealkylation sites (tertiary alicyclic amines) is 1. The Bertz CT molecular complexity index is 412. The van der Waals surface area contributed by atoms with Crippen LogP contribution in [-0.4, -0.2) is 29.6 Å². The highest BCUT2D eigenvalue weighted by atomic mass is 16.3. The number of unbranched alkanes of at least 4 members (excludes halogenated alkanes) is 1. The van der Waals surface area contributed by atoms with Crippen LogP contribution in [0.5, 0.6) is 0 Å². The van der Waals surface area contributed by atoms with E-state index in [1.54, 1.807) is 0 Å². The molecule has 19 heavy (non-hydrogen) atoms. The van der Waals surface area contributed by atoms with Gasteiger partial charge in [0.05, 0.1) is 0 Å². The Morgan fingerprint density at radius 1 is 1.11 bits per heavy atom. The summed E-state index contributed by atoms with van der Waals surface area (Å²) in [6, 6.07) is 9.62. The smallest absolute Gasteiger partial charge is 0.140 e. The normalized spacial score (nSPS) is 17.5. The molecule has 1 atom stereocenters. The lowest BCUT2D eigenvalue weighted by Crippen LogP contribution is -2.30. The van der Waals surface area contributed by atoms with Gasteiger partial charge in [-0.2, -0.15) is 0 Å². The molecule has 0 radical (unpaired) electrons. The summed E-state index contributed by atoms with van der Waals surface area (Å²) >= 11 is 0. The fraction of sp³-hybridized carbons (Fsp3) is 0.529. The van der Waals surface area contributed by atoms with E-state index in [0.29, 0.717) is 0 Å². The van der Waals surface area contributed by atoms with E-state index in [9.17, 15) is 5.11 Å². The zero-order chi connectivity index (χ0) is 13.3. The first kappa shape index (κ1) is 14.1. The molecule has 1 aromatic rings. The van der Waals surface area contributed by atoms with Gasteiger partial charge in [0.2, 0.25) is 0 Å². The van der Waals surface area contributed by atoms with Crippen LogP contribution in [0.2, 0.25) is 0 Å². The highest BCUT2D eigenvalue weighted by Crippen LogP contribution is 2.11. The highest BCUT2D eigenvalue weighted by Gasteiger charge is 2.08. The fourth-order valence-electron chi connectivity index (χ4n) is 2.46. The van der Waals surface area contributed by atoms with Crippen LogP contribution in [0.3, 0.4) is 0 Å². The van der Waals surface area contributed by atoms with Crippen LogP contribution in [0.4, 0.5) is 0 Å². The summed E-state index contributed by atoms with van der Waals surface area (Å²) in [7, 11) is 0. The van der Waals surface area contributed by atoms with Crippen molar-refractivity contribution in [2.45, 2.75) is 38.2 Å². The molecule has 0 saturated carbocycles. The molecule has 1 aromatic carbocycles. The first-order valence-electron chi connectivity index (χ1n) is 7.30. The van der Waals surface area contributed by atoms with Gasteiger partial charge in [0.25, 0.3) is 0 Å². The number of hydrogen-bond acceptors (Lipinski definition) is 2. The molecule has 102 valence electrons. The third-order valence-electron chi connectivity index (χ3n) is 3.58. The van der Waals surface area contributed by atoms with Crippen molar-refractivity contribution in [2.75, 3.05) is 19.6 Å². The van der Waals surface area contributed by atoms with E-state index >= 15 is 0 Å². The highest BCUT2D eigenvalue weighted by molar-refractivity contribution is 5.24. The molecule has 1 aliphatic rings. The molecule has 0 amide bonds. The number of nitrogens with zero attached hydrogens (tertiary/aromatic N) is 1. The van der Waals surface area contributed by atoms with Gasteiger partial charge in [-0.15, -0.1) is 5.92 Å². The number of aliphatic hydroxyl groups excluding tert-OH is 1. The minimum Gasteiger partial charge on any atom is -0.376 e. The molecule has 1 fully saturated rings. The molecule has 2 nitrogen and oxygen atoms in total. The zero-order valence-corrected chi connectivity index (χ0v) is 11.5. The van der Waals surface area contributed by atoms with Gasteiger partial charge in [0, 0.05) is 6.42 Å². The fourth-order valence-corrected chi connectivity index (χ4v) is 2.46. The first-order valence-corrected chi connectivity index (χ1v) is 7.30. The van der Waals surface area contributed by atoms with Gasteiger partial charge in [-0.1, -0.05) is 42.7 Å². The summed E-state index contributed by atoms with van der Waals surface area (Å²) in [5.74, 6) is 6.02. The number of rotatable bonds is 4. The number of hydrogen-bond donors (Lipinski definition) is 1. The molecular formula is C17H23NO. The molecular weight excluding hydrogens is 234 g/mol. The largest absolute Gasteiger partial charge is 0.376 e. The third kappa shape index (κ3) is 5.06. The predicted molar refractivity (Wildman–Crippen MR) is 78.7 cm³/mol. The Balaban J connectivity index is 1.66. The van der Waals surface area contributed by atoms with E-state index in [1.807, 2.05) is 30.3 Å². The van der Waals surface area contributed by atoms with E-state index in [4.69, 9.17) is 0 Å². The second-order valence-electron chi connectivity index (χ2n) is 5.14. The van der Waals surface area contributed by atoms with E-state index in [0.717, 1.165) is 24.9 Å². The van der Waals surface area contributed by atoms with Gasteiger partial charge in [-0.3, -0.25) is 0 Å². The summed E-state index contributed by atoms with van der Waals surface area (Å²) in [5.41, 5.74) is 0.881. The molecule has 0 bridgehead atoms. The Labute approximate surface area is 116 Å². The lowest BCUT2D eigenvalue weighted by atomic mass is 10.1. The summed E-state index contributed by atoms with van der Waals surface area (Å²) in [6.45, 7) is 3.65. The standard InChI is InChI=1S/C17H23NO/c19-17(16-10-4-1-5-11-16)12-6-2-7-13-18-14-8-3-9-15-18/h1,4-5,10-11,17,19H,2-3,7-9,13-15H2. The van der Waals surface area contributed by atoms with Crippen LogP contribution in [-0.2, 0) is 0 Å². The van der Waals surface area contributed by atoms with Crippen LogP contribution in [0.1, 0.15) is 43.8 Å². The molecule has 0 spiro atoms. The molecule has 1 unspecified atom stereocenters. The third-order valence-corrected chi connectivity index (χ3v) is 3.58. The number of benzene rings is 1. The average molecular weight is 257 g/mol. The van der Waals surface area contributed by atoms with Crippen molar-refractivity contribution in [3.63, 3.8) is 0 Å². The van der Waals surface area contributed by atoms with Gasteiger partial charge >= 0.3 is 0 Å². The summed E-state index contributed by atoms with van der Waals surface area (Å²) in [4.78, 5) is 2.53. The minimum absolute atomic E-state index is 0.642. The maximum Gasteiger partial charge on any atom is 0.140 e. The lowest BCUT2D eigenvalue weighted by Gasteiger charge is -2.25. The number of piperidine rings is 1. The second kappa shape index (κ2) is 7.99. The van der Waals surface area contributed by atoms with Crippen LogP contribution >= 0.6 is 0 Å². The monoisotopic (exact) mass is 257 g/mol. The minimum atomic E-state index is -0.642. The van der Waals surface area contributed by atoms with E-state index in [-0.39, 0.29) is 0 Å². The van der Waals surface area contributed by atoms with Gasteiger partial charge in [-0.25, -0.2) is 0 Å². The maximum atomic E-state index is 9.88. The topological polar surface area (TPSA) is 23.5 Å². The quantitative estimate of drug-likeness (QED) is 0.662.